The largest absolute Gasteiger partial charge is 0.271 e. The van der Waals surface area contributed by atoms with Gasteiger partial charge in [0.25, 0.3) is 0 Å². The second kappa shape index (κ2) is 6.53. The van der Waals surface area contributed by atoms with Crippen molar-refractivity contribution in [2.45, 2.75) is 19.5 Å². The van der Waals surface area contributed by atoms with Crippen LogP contribution in [0.3, 0.4) is 0 Å². The predicted molar refractivity (Wildman–Crippen MR) is 88.9 cm³/mol. The molecule has 0 radical (unpaired) electrons. The van der Waals surface area contributed by atoms with Gasteiger partial charge in [-0.3, -0.25) is 10.5 Å². The first-order valence-corrected chi connectivity index (χ1v) is 7.95. The molecule has 2 aromatic rings. The zero-order valence-corrected chi connectivity index (χ0v) is 14.7. The lowest BCUT2D eigenvalue weighted by molar-refractivity contribution is 0.540. The molecule has 0 amide bonds. The highest BCUT2D eigenvalue weighted by molar-refractivity contribution is 14.1. The van der Waals surface area contributed by atoms with Crippen molar-refractivity contribution >= 4 is 50.1 Å². The molecule has 0 aliphatic heterocycles. The molecule has 19 heavy (non-hydrogen) atoms. The number of halogens is 3. The third kappa shape index (κ3) is 3.13. The lowest BCUT2D eigenvalue weighted by atomic mass is 10.0. The standard InChI is InChI=1S/C12H13BrClIN4/c1-2-19-12(9(13)6-17-19)11(18-16)8-5-7(14)3-4-10(8)15/h3-6,11,18H,2,16H2,1H3. The fraction of sp³-hybridized carbons (Fsp3) is 0.250. The lowest BCUT2D eigenvalue weighted by Gasteiger charge is -2.20. The van der Waals surface area contributed by atoms with Crippen LogP contribution in [0.15, 0.2) is 28.9 Å². The molecule has 0 spiro atoms. The molecule has 0 aliphatic rings. The molecule has 1 aromatic carbocycles. The summed E-state index contributed by atoms with van der Waals surface area (Å²) in [4.78, 5) is 0. The van der Waals surface area contributed by atoms with E-state index in [1.165, 1.54) is 0 Å². The molecular formula is C12H13BrClIN4. The maximum Gasteiger partial charge on any atom is 0.0900 e. The normalized spacial score (nSPS) is 12.7. The summed E-state index contributed by atoms with van der Waals surface area (Å²) in [6, 6.07) is 5.60. The van der Waals surface area contributed by atoms with Gasteiger partial charge in [0.05, 0.1) is 22.4 Å². The van der Waals surface area contributed by atoms with Gasteiger partial charge in [-0.1, -0.05) is 11.6 Å². The second-order valence-electron chi connectivity index (χ2n) is 3.96. The third-order valence-corrected chi connectivity index (χ3v) is 4.67. The molecule has 1 heterocycles. The number of aromatic nitrogens is 2. The first-order chi connectivity index (χ1) is 9.08. The van der Waals surface area contributed by atoms with Gasteiger partial charge in [-0.05, 0) is 69.2 Å². The van der Waals surface area contributed by atoms with Gasteiger partial charge < -0.3 is 0 Å². The Balaban J connectivity index is 2.56. The quantitative estimate of drug-likeness (QED) is 0.422. The Kier molecular flexibility index (Phi) is 5.24. The van der Waals surface area contributed by atoms with Crippen molar-refractivity contribution in [3.05, 3.63) is 48.7 Å². The van der Waals surface area contributed by atoms with Crippen LogP contribution < -0.4 is 11.3 Å². The van der Waals surface area contributed by atoms with E-state index in [1.807, 2.05) is 29.8 Å². The Morgan fingerprint density at radius 3 is 2.95 bits per heavy atom. The van der Waals surface area contributed by atoms with E-state index in [0.717, 1.165) is 25.8 Å². The SMILES string of the molecule is CCn1ncc(Br)c1C(NN)c1cc(Cl)ccc1I. The number of benzene rings is 1. The average Bonchev–Trinajstić information content (AvgIpc) is 2.76. The number of nitrogens with two attached hydrogens (primary N) is 1. The predicted octanol–water partition coefficient (Wildman–Crippen LogP) is 3.48. The fourth-order valence-corrected chi connectivity index (χ4v) is 3.32. The van der Waals surface area contributed by atoms with Crippen molar-refractivity contribution in [1.29, 1.82) is 0 Å². The summed E-state index contributed by atoms with van der Waals surface area (Å²) in [5.74, 6) is 5.75. The van der Waals surface area contributed by atoms with Gasteiger partial charge in [0.2, 0.25) is 0 Å². The molecule has 0 aliphatic carbocycles. The maximum absolute atomic E-state index is 6.09. The highest BCUT2D eigenvalue weighted by atomic mass is 127. The van der Waals surface area contributed by atoms with Gasteiger partial charge in [0, 0.05) is 15.1 Å². The van der Waals surface area contributed by atoms with Crippen LogP contribution in [-0.2, 0) is 6.54 Å². The van der Waals surface area contributed by atoms with Gasteiger partial charge >= 0.3 is 0 Å². The van der Waals surface area contributed by atoms with E-state index in [2.05, 4.69) is 49.0 Å². The average molecular weight is 456 g/mol. The van der Waals surface area contributed by atoms with Crippen molar-refractivity contribution in [2.24, 2.45) is 5.84 Å². The molecule has 1 aromatic heterocycles. The van der Waals surface area contributed by atoms with E-state index in [1.54, 1.807) is 6.20 Å². The first kappa shape index (κ1) is 15.2. The van der Waals surface area contributed by atoms with Gasteiger partial charge in [-0.25, -0.2) is 5.43 Å². The van der Waals surface area contributed by atoms with Crippen LogP contribution >= 0.6 is 50.1 Å². The maximum atomic E-state index is 6.09. The summed E-state index contributed by atoms with van der Waals surface area (Å²) in [5, 5.41) is 5.01. The molecule has 0 bridgehead atoms. The van der Waals surface area contributed by atoms with Gasteiger partial charge in [-0.15, -0.1) is 0 Å². The van der Waals surface area contributed by atoms with Crippen LogP contribution in [0.4, 0.5) is 0 Å². The molecule has 3 N–H and O–H groups in total. The Bertz CT molecular complexity index is 587. The van der Waals surface area contributed by atoms with Crippen LogP contribution in [0.25, 0.3) is 0 Å². The van der Waals surface area contributed by atoms with Crippen LogP contribution in [0.2, 0.25) is 5.02 Å². The van der Waals surface area contributed by atoms with Crippen molar-refractivity contribution in [3.8, 4) is 0 Å². The molecule has 7 heteroatoms. The van der Waals surface area contributed by atoms with E-state index in [9.17, 15) is 0 Å². The Morgan fingerprint density at radius 2 is 2.32 bits per heavy atom. The number of rotatable bonds is 4. The molecular weight excluding hydrogens is 442 g/mol. The smallest absolute Gasteiger partial charge is 0.0900 e. The van der Waals surface area contributed by atoms with E-state index in [4.69, 9.17) is 17.4 Å². The Morgan fingerprint density at radius 1 is 1.58 bits per heavy atom. The van der Waals surface area contributed by atoms with Crippen LogP contribution in [-0.4, -0.2) is 9.78 Å². The fourth-order valence-electron chi connectivity index (χ4n) is 1.96. The molecule has 2 rings (SSSR count). The zero-order valence-electron chi connectivity index (χ0n) is 10.2. The van der Waals surface area contributed by atoms with Crippen molar-refractivity contribution in [3.63, 3.8) is 0 Å². The van der Waals surface area contributed by atoms with E-state index in [-0.39, 0.29) is 6.04 Å². The monoisotopic (exact) mass is 454 g/mol. The van der Waals surface area contributed by atoms with Crippen LogP contribution in [0.5, 0.6) is 0 Å². The summed E-state index contributed by atoms with van der Waals surface area (Å²) in [6.45, 7) is 2.82. The number of hydrazine groups is 1. The minimum absolute atomic E-state index is 0.164. The molecule has 1 unspecified atom stereocenters. The zero-order chi connectivity index (χ0) is 14.0. The highest BCUT2D eigenvalue weighted by Gasteiger charge is 2.22. The van der Waals surface area contributed by atoms with E-state index >= 15 is 0 Å². The Hall–Kier alpha value is -0.150. The molecule has 4 nitrogen and oxygen atoms in total. The number of nitrogens with zero attached hydrogens (tertiary/aromatic N) is 2. The molecule has 0 saturated heterocycles. The summed E-state index contributed by atoms with van der Waals surface area (Å²) < 4.78 is 3.93. The minimum atomic E-state index is -0.164. The number of hydrogen-bond acceptors (Lipinski definition) is 3. The van der Waals surface area contributed by atoms with Gasteiger partial charge in [0.15, 0.2) is 0 Å². The molecule has 1 atom stereocenters. The first-order valence-electron chi connectivity index (χ1n) is 5.70. The van der Waals surface area contributed by atoms with Gasteiger partial charge in [-0.2, -0.15) is 5.10 Å². The molecule has 102 valence electrons. The number of aryl methyl sites for hydroxylation is 1. The molecule has 0 fully saturated rings. The molecule has 0 saturated carbocycles. The van der Waals surface area contributed by atoms with Gasteiger partial charge in [0.1, 0.15) is 0 Å². The van der Waals surface area contributed by atoms with Crippen LogP contribution in [0, 0.1) is 3.57 Å². The highest BCUT2D eigenvalue weighted by Crippen LogP contribution is 2.32. The van der Waals surface area contributed by atoms with Crippen molar-refractivity contribution in [2.75, 3.05) is 0 Å². The second-order valence-corrected chi connectivity index (χ2v) is 6.41. The number of nitrogens with one attached hydrogen (secondary N) is 1. The minimum Gasteiger partial charge on any atom is -0.271 e. The topological polar surface area (TPSA) is 55.9 Å². The lowest BCUT2D eigenvalue weighted by Crippen LogP contribution is -2.31. The summed E-state index contributed by atoms with van der Waals surface area (Å²) in [5.41, 5.74) is 4.87. The van der Waals surface area contributed by atoms with E-state index < -0.39 is 0 Å². The third-order valence-electron chi connectivity index (χ3n) is 2.84. The van der Waals surface area contributed by atoms with Crippen molar-refractivity contribution < 1.29 is 0 Å². The summed E-state index contributed by atoms with van der Waals surface area (Å²) in [6.07, 6.45) is 1.78. The van der Waals surface area contributed by atoms with Crippen LogP contribution in [0.1, 0.15) is 24.2 Å². The summed E-state index contributed by atoms with van der Waals surface area (Å²) in [7, 11) is 0. The van der Waals surface area contributed by atoms with E-state index in [0.29, 0.717) is 5.02 Å². The van der Waals surface area contributed by atoms with Crippen molar-refractivity contribution in [1.82, 2.24) is 15.2 Å². The number of hydrogen-bond donors (Lipinski definition) is 2. The summed E-state index contributed by atoms with van der Waals surface area (Å²) >= 11 is 11.9. The Labute approximate surface area is 138 Å².